The quantitative estimate of drug-likeness (QED) is 0.843. The van der Waals surface area contributed by atoms with E-state index in [9.17, 15) is 4.39 Å². The molecule has 0 fully saturated rings. The molecule has 0 radical (unpaired) electrons. The van der Waals surface area contributed by atoms with Crippen molar-refractivity contribution in [1.29, 1.82) is 0 Å². The normalized spacial score (nSPS) is 12.4. The van der Waals surface area contributed by atoms with Crippen LogP contribution >= 0.6 is 0 Å². The molecule has 0 aliphatic heterocycles. The lowest BCUT2D eigenvalue weighted by Gasteiger charge is -2.21. The maximum absolute atomic E-state index is 14.2. The lowest BCUT2D eigenvalue weighted by Crippen LogP contribution is -2.24. The maximum atomic E-state index is 14.2. The molecule has 112 valence electrons. The molecule has 0 saturated heterocycles. The molecule has 0 heterocycles. The molecule has 0 aliphatic rings. The van der Waals surface area contributed by atoms with E-state index in [4.69, 9.17) is 0 Å². The van der Waals surface area contributed by atoms with Crippen LogP contribution in [0.2, 0.25) is 0 Å². The molecule has 1 nitrogen and oxygen atoms in total. The number of likely N-dealkylation sites (N-methyl/N-ethyl adjacent to an activating group) is 1. The standard InChI is InChI=1S/C19H24FN/c1-5-21-19(17-11-14(3)7-9-18(17)20)12-16-10-13(2)6-8-15(16)4/h6-11,19,21H,5,12H2,1-4H3. The maximum Gasteiger partial charge on any atom is 0.128 e. The third-order valence-electron chi connectivity index (χ3n) is 3.91. The van der Waals surface area contributed by atoms with Gasteiger partial charge in [-0.15, -0.1) is 0 Å². The van der Waals surface area contributed by atoms with E-state index in [2.05, 4.69) is 44.3 Å². The fourth-order valence-corrected chi connectivity index (χ4v) is 2.71. The predicted molar refractivity (Wildman–Crippen MR) is 87.2 cm³/mol. The van der Waals surface area contributed by atoms with Gasteiger partial charge in [-0.05, 0) is 50.9 Å². The number of nitrogens with one attached hydrogen (secondary N) is 1. The lowest BCUT2D eigenvalue weighted by molar-refractivity contribution is 0.509. The van der Waals surface area contributed by atoms with E-state index in [1.165, 1.54) is 16.7 Å². The summed E-state index contributed by atoms with van der Waals surface area (Å²) in [4.78, 5) is 0. The van der Waals surface area contributed by atoms with Crippen LogP contribution in [-0.4, -0.2) is 6.54 Å². The molecule has 1 unspecified atom stereocenters. The van der Waals surface area contributed by atoms with E-state index in [-0.39, 0.29) is 11.9 Å². The average Bonchev–Trinajstić information content (AvgIpc) is 2.45. The zero-order valence-electron chi connectivity index (χ0n) is 13.3. The van der Waals surface area contributed by atoms with Crippen LogP contribution in [0.4, 0.5) is 4.39 Å². The van der Waals surface area contributed by atoms with E-state index in [0.717, 1.165) is 24.1 Å². The SMILES string of the molecule is CCNC(Cc1cc(C)ccc1C)c1cc(C)ccc1F. The number of benzene rings is 2. The molecule has 0 aromatic heterocycles. The van der Waals surface area contributed by atoms with E-state index < -0.39 is 0 Å². The van der Waals surface area contributed by atoms with Crippen molar-refractivity contribution >= 4 is 0 Å². The first-order chi connectivity index (χ1) is 10.0. The van der Waals surface area contributed by atoms with Crippen molar-refractivity contribution in [3.63, 3.8) is 0 Å². The summed E-state index contributed by atoms with van der Waals surface area (Å²) < 4.78 is 14.2. The fraction of sp³-hybridized carbons (Fsp3) is 0.368. The van der Waals surface area contributed by atoms with Crippen LogP contribution in [0, 0.1) is 26.6 Å². The van der Waals surface area contributed by atoms with Crippen molar-refractivity contribution in [3.05, 3.63) is 70.0 Å². The molecular weight excluding hydrogens is 261 g/mol. The molecule has 1 N–H and O–H groups in total. The second kappa shape index (κ2) is 6.86. The molecule has 0 amide bonds. The van der Waals surface area contributed by atoms with E-state index in [0.29, 0.717) is 0 Å². The van der Waals surface area contributed by atoms with Gasteiger partial charge in [0.25, 0.3) is 0 Å². The third-order valence-corrected chi connectivity index (χ3v) is 3.91. The van der Waals surface area contributed by atoms with Crippen molar-refractivity contribution in [3.8, 4) is 0 Å². The third kappa shape index (κ3) is 3.92. The van der Waals surface area contributed by atoms with E-state index in [1.54, 1.807) is 6.07 Å². The van der Waals surface area contributed by atoms with Crippen LogP contribution in [0.5, 0.6) is 0 Å². The van der Waals surface area contributed by atoms with Gasteiger partial charge in [0.1, 0.15) is 5.82 Å². The minimum Gasteiger partial charge on any atom is -0.310 e. The van der Waals surface area contributed by atoms with E-state index in [1.807, 2.05) is 19.1 Å². The lowest BCUT2D eigenvalue weighted by atomic mass is 9.93. The first-order valence-electron chi connectivity index (χ1n) is 7.56. The van der Waals surface area contributed by atoms with Crippen molar-refractivity contribution in [2.24, 2.45) is 0 Å². The van der Waals surface area contributed by atoms with Gasteiger partial charge in [0, 0.05) is 11.6 Å². The summed E-state index contributed by atoms with van der Waals surface area (Å²) in [6.45, 7) is 9.10. The van der Waals surface area contributed by atoms with Gasteiger partial charge in [-0.3, -0.25) is 0 Å². The molecule has 0 saturated carbocycles. The van der Waals surface area contributed by atoms with Crippen molar-refractivity contribution < 1.29 is 4.39 Å². The summed E-state index contributed by atoms with van der Waals surface area (Å²) in [5.41, 5.74) is 5.64. The number of rotatable bonds is 5. The summed E-state index contributed by atoms with van der Waals surface area (Å²) in [6, 6.07) is 11.8. The first kappa shape index (κ1) is 15.7. The first-order valence-corrected chi connectivity index (χ1v) is 7.56. The second-order valence-electron chi connectivity index (χ2n) is 5.77. The summed E-state index contributed by atoms with van der Waals surface area (Å²) in [5, 5.41) is 3.42. The molecule has 2 aromatic rings. The fourth-order valence-electron chi connectivity index (χ4n) is 2.71. The Morgan fingerprint density at radius 2 is 1.67 bits per heavy atom. The van der Waals surface area contributed by atoms with Crippen LogP contribution in [0.1, 0.15) is 40.8 Å². The molecular formula is C19H24FN. The highest BCUT2D eigenvalue weighted by Gasteiger charge is 2.16. The van der Waals surface area contributed by atoms with Crippen LogP contribution in [0.15, 0.2) is 36.4 Å². The Balaban J connectivity index is 2.35. The topological polar surface area (TPSA) is 12.0 Å². The van der Waals surface area contributed by atoms with Gasteiger partial charge in [0.05, 0.1) is 0 Å². The Kier molecular flexibility index (Phi) is 5.13. The summed E-state index contributed by atoms with van der Waals surface area (Å²) in [7, 11) is 0. The minimum absolute atomic E-state index is 0.00963. The molecule has 2 aromatic carbocycles. The van der Waals surface area contributed by atoms with Crippen LogP contribution in [0.25, 0.3) is 0 Å². The van der Waals surface area contributed by atoms with E-state index >= 15 is 0 Å². The van der Waals surface area contributed by atoms with Crippen molar-refractivity contribution in [1.82, 2.24) is 5.32 Å². The highest BCUT2D eigenvalue weighted by molar-refractivity contribution is 5.34. The monoisotopic (exact) mass is 285 g/mol. The number of hydrogen-bond donors (Lipinski definition) is 1. The average molecular weight is 285 g/mol. The Morgan fingerprint density at radius 1 is 1.00 bits per heavy atom. The largest absolute Gasteiger partial charge is 0.310 e. The van der Waals surface area contributed by atoms with Crippen LogP contribution in [-0.2, 0) is 6.42 Å². The van der Waals surface area contributed by atoms with Gasteiger partial charge in [-0.25, -0.2) is 4.39 Å². The number of halogens is 1. The zero-order valence-corrected chi connectivity index (χ0v) is 13.3. The van der Waals surface area contributed by atoms with Gasteiger partial charge in [0.2, 0.25) is 0 Å². The van der Waals surface area contributed by atoms with Gasteiger partial charge >= 0.3 is 0 Å². The Labute approximate surface area is 127 Å². The number of hydrogen-bond acceptors (Lipinski definition) is 1. The number of aryl methyl sites for hydroxylation is 3. The summed E-state index contributed by atoms with van der Waals surface area (Å²) >= 11 is 0. The highest BCUT2D eigenvalue weighted by Crippen LogP contribution is 2.24. The smallest absolute Gasteiger partial charge is 0.128 e. The van der Waals surface area contributed by atoms with Gasteiger partial charge < -0.3 is 5.32 Å². The molecule has 1 atom stereocenters. The van der Waals surface area contributed by atoms with Crippen molar-refractivity contribution in [2.75, 3.05) is 6.54 Å². The Bertz CT molecular complexity index is 619. The van der Waals surface area contributed by atoms with Gasteiger partial charge in [0.15, 0.2) is 0 Å². The zero-order chi connectivity index (χ0) is 15.4. The van der Waals surface area contributed by atoms with Gasteiger partial charge in [-0.2, -0.15) is 0 Å². The van der Waals surface area contributed by atoms with Gasteiger partial charge in [-0.1, -0.05) is 48.4 Å². The molecule has 0 aliphatic carbocycles. The molecule has 21 heavy (non-hydrogen) atoms. The molecule has 2 heteroatoms. The predicted octanol–water partition coefficient (Wildman–Crippen LogP) is 4.64. The van der Waals surface area contributed by atoms with Crippen LogP contribution < -0.4 is 5.32 Å². The summed E-state index contributed by atoms with van der Waals surface area (Å²) in [5.74, 6) is -0.128. The molecule has 0 bridgehead atoms. The highest BCUT2D eigenvalue weighted by atomic mass is 19.1. The summed E-state index contributed by atoms with van der Waals surface area (Å²) in [6.07, 6.45) is 0.807. The van der Waals surface area contributed by atoms with Crippen molar-refractivity contribution in [2.45, 2.75) is 40.2 Å². The minimum atomic E-state index is -0.128. The van der Waals surface area contributed by atoms with Crippen LogP contribution in [0.3, 0.4) is 0 Å². The second-order valence-corrected chi connectivity index (χ2v) is 5.77. The molecule has 2 rings (SSSR count). The Morgan fingerprint density at radius 3 is 2.38 bits per heavy atom. The molecule has 0 spiro atoms. The Hall–Kier alpha value is -1.67.